The highest BCUT2D eigenvalue weighted by Crippen LogP contribution is 2.31. The maximum Gasteiger partial charge on any atom is 0.413 e. The number of carbonyl (C=O) groups excluding carboxylic acids is 2. The lowest BCUT2D eigenvalue weighted by Crippen LogP contribution is -3.15. The van der Waals surface area contributed by atoms with E-state index in [4.69, 9.17) is 9.47 Å². The maximum atomic E-state index is 12.3. The number of carbonyl (C=O) groups is 2. The van der Waals surface area contributed by atoms with Crippen LogP contribution in [0.25, 0.3) is 0 Å². The van der Waals surface area contributed by atoms with Gasteiger partial charge in [0.15, 0.2) is 6.04 Å². The van der Waals surface area contributed by atoms with Crippen molar-refractivity contribution in [2.24, 2.45) is 0 Å². The van der Waals surface area contributed by atoms with E-state index in [0.29, 0.717) is 0 Å². The number of rotatable bonds is 5. The molecule has 1 saturated heterocycles. The van der Waals surface area contributed by atoms with Gasteiger partial charge >= 0.3 is 6.09 Å². The van der Waals surface area contributed by atoms with Crippen LogP contribution in [0.4, 0.5) is 4.79 Å². The van der Waals surface area contributed by atoms with Crippen LogP contribution in [0.5, 0.6) is 11.5 Å². The van der Waals surface area contributed by atoms with Gasteiger partial charge in [-0.15, -0.1) is 0 Å². The van der Waals surface area contributed by atoms with E-state index in [9.17, 15) is 9.59 Å². The van der Waals surface area contributed by atoms with Crippen molar-refractivity contribution in [1.29, 1.82) is 0 Å². The van der Waals surface area contributed by atoms with Gasteiger partial charge in [0.25, 0.3) is 5.91 Å². The maximum absolute atomic E-state index is 12.3. The van der Waals surface area contributed by atoms with Gasteiger partial charge < -0.3 is 19.1 Å². The molecule has 7 nitrogen and oxygen atoms in total. The van der Waals surface area contributed by atoms with Crippen LogP contribution in [0.15, 0.2) is 18.2 Å². The Morgan fingerprint density at radius 3 is 2.62 bits per heavy atom. The standard InChI is InChI=1S/C17H24N2O5/c1-11(16(20)18-17(21)24-4)19-9-5-6-14(19)13-10-12(22-2)7-8-15(13)23-3/h7-8,10-11,14H,5-6,9H2,1-4H3,(H,18,20,21)/p+1/t11-,14-/m1/s1. The van der Waals surface area contributed by atoms with Crippen molar-refractivity contribution >= 4 is 12.0 Å². The SMILES string of the molecule is COC(=O)NC(=O)[C@@H](C)[NH+]1CCC[C@@H]1c1cc(OC)ccc1OC. The number of ether oxygens (including phenoxy) is 3. The topological polar surface area (TPSA) is 78.3 Å². The number of nitrogens with one attached hydrogen (secondary N) is 2. The largest absolute Gasteiger partial charge is 0.497 e. The van der Waals surface area contributed by atoms with Crippen LogP contribution in [0, 0.1) is 0 Å². The summed E-state index contributed by atoms with van der Waals surface area (Å²) in [4.78, 5) is 24.6. The number of hydrogen-bond acceptors (Lipinski definition) is 5. The molecule has 0 saturated carbocycles. The van der Waals surface area contributed by atoms with Gasteiger partial charge in [0.2, 0.25) is 0 Å². The van der Waals surface area contributed by atoms with E-state index in [1.165, 1.54) is 7.11 Å². The van der Waals surface area contributed by atoms with Crippen molar-refractivity contribution < 1.29 is 28.7 Å². The fourth-order valence-corrected chi connectivity index (χ4v) is 3.28. The minimum atomic E-state index is -0.735. The summed E-state index contributed by atoms with van der Waals surface area (Å²) >= 11 is 0. The summed E-state index contributed by atoms with van der Waals surface area (Å²) in [7, 11) is 4.49. The van der Waals surface area contributed by atoms with Crippen LogP contribution in [0.2, 0.25) is 0 Å². The zero-order valence-electron chi connectivity index (χ0n) is 14.5. The average Bonchev–Trinajstić information content (AvgIpc) is 3.09. The van der Waals surface area contributed by atoms with Crippen LogP contribution in [-0.2, 0) is 9.53 Å². The van der Waals surface area contributed by atoms with Gasteiger partial charge in [-0.1, -0.05) is 0 Å². The predicted molar refractivity (Wildman–Crippen MR) is 87.4 cm³/mol. The first-order chi connectivity index (χ1) is 11.5. The number of benzene rings is 1. The summed E-state index contributed by atoms with van der Waals surface area (Å²) in [6.07, 6.45) is 1.20. The molecule has 132 valence electrons. The third-order valence-electron chi connectivity index (χ3n) is 4.58. The molecule has 1 aliphatic rings. The molecule has 1 fully saturated rings. The van der Waals surface area contributed by atoms with Crippen molar-refractivity contribution in [3.63, 3.8) is 0 Å². The molecule has 7 heteroatoms. The molecule has 2 N–H and O–H groups in total. The number of methoxy groups -OCH3 is 3. The Labute approximate surface area is 141 Å². The van der Waals surface area contributed by atoms with E-state index >= 15 is 0 Å². The smallest absolute Gasteiger partial charge is 0.413 e. The Balaban J connectivity index is 2.24. The van der Waals surface area contributed by atoms with Gasteiger partial charge in [0, 0.05) is 12.8 Å². The first kappa shape index (κ1) is 18.1. The zero-order valence-corrected chi connectivity index (χ0v) is 14.5. The second-order valence-corrected chi connectivity index (χ2v) is 5.83. The molecule has 1 aliphatic heterocycles. The van der Waals surface area contributed by atoms with E-state index in [1.54, 1.807) is 14.2 Å². The minimum Gasteiger partial charge on any atom is -0.497 e. The highest BCUT2D eigenvalue weighted by molar-refractivity contribution is 5.93. The van der Waals surface area contributed by atoms with Crippen LogP contribution in [0.3, 0.4) is 0 Å². The second-order valence-electron chi connectivity index (χ2n) is 5.83. The molecular formula is C17H25N2O5+. The highest BCUT2D eigenvalue weighted by Gasteiger charge is 2.39. The fourth-order valence-electron chi connectivity index (χ4n) is 3.28. The molecule has 2 rings (SSSR count). The van der Waals surface area contributed by atoms with Gasteiger partial charge in [-0.05, 0) is 25.1 Å². The highest BCUT2D eigenvalue weighted by atomic mass is 16.5. The molecule has 1 heterocycles. The Morgan fingerprint density at radius 2 is 2.00 bits per heavy atom. The van der Waals surface area contributed by atoms with Crippen LogP contribution in [-0.4, -0.2) is 45.9 Å². The molecule has 0 spiro atoms. The van der Waals surface area contributed by atoms with Crippen molar-refractivity contribution in [2.75, 3.05) is 27.9 Å². The van der Waals surface area contributed by atoms with Gasteiger partial charge in [0.05, 0.1) is 33.4 Å². The molecule has 1 unspecified atom stereocenters. The first-order valence-electron chi connectivity index (χ1n) is 7.98. The fraction of sp³-hybridized carbons (Fsp3) is 0.529. The molecular weight excluding hydrogens is 312 g/mol. The second kappa shape index (κ2) is 8.01. The molecule has 0 aliphatic carbocycles. The first-order valence-corrected chi connectivity index (χ1v) is 7.98. The number of amides is 2. The Hall–Kier alpha value is -2.28. The lowest BCUT2D eigenvalue weighted by atomic mass is 10.0. The van der Waals surface area contributed by atoms with E-state index in [0.717, 1.165) is 41.3 Å². The molecule has 2 amide bonds. The summed E-state index contributed by atoms with van der Waals surface area (Å²) < 4.78 is 15.3. The number of alkyl carbamates (subject to hydrolysis) is 1. The number of quaternary nitrogens is 1. The van der Waals surface area contributed by atoms with Crippen LogP contribution >= 0.6 is 0 Å². The lowest BCUT2D eigenvalue weighted by Gasteiger charge is -2.27. The molecule has 24 heavy (non-hydrogen) atoms. The van der Waals surface area contributed by atoms with Crippen molar-refractivity contribution in [1.82, 2.24) is 5.32 Å². The van der Waals surface area contributed by atoms with Gasteiger partial charge in [0.1, 0.15) is 17.5 Å². The number of hydrogen-bond donors (Lipinski definition) is 2. The van der Waals surface area contributed by atoms with Crippen molar-refractivity contribution in [3.05, 3.63) is 23.8 Å². The van der Waals surface area contributed by atoms with E-state index in [-0.39, 0.29) is 18.0 Å². The summed E-state index contributed by atoms with van der Waals surface area (Å²) in [5.74, 6) is 1.19. The third-order valence-corrected chi connectivity index (χ3v) is 4.58. The van der Waals surface area contributed by atoms with Crippen molar-refractivity contribution in [3.8, 4) is 11.5 Å². The Morgan fingerprint density at radius 1 is 1.25 bits per heavy atom. The molecule has 1 aromatic rings. The van der Waals surface area contributed by atoms with E-state index < -0.39 is 6.09 Å². The zero-order chi connectivity index (χ0) is 17.7. The summed E-state index contributed by atoms with van der Waals surface area (Å²) in [6.45, 7) is 2.67. The monoisotopic (exact) mass is 337 g/mol. The average molecular weight is 337 g/mol. The van der Waals surface area contributed by atoms with Gasteiger partial charge in [-0.2, -0.15) is 0 Å². The number of likely N-dealkylation sites (tertiary alicyclic amines) is 1. The van der Waals surface area contributed by atoms with E-state index in [2.05, 4.69) is 10.1 Å². The van der Waals surface area contributed by atoms with Crippen LogP contribution in [0.1, 0.15) is 31.4 Å². The molecule has 0 radical (unpaired) electrons. The van der Waals surface area contributed by atoms with E-state index in [1.807, 2.05) is 25.1 Å². The lowest BCUT2D eigenvalue weighted by molar-refractivity contribution is -0.932. The van der Waals surface area contributed by atoms with Gasteiger partial charge in [-0.3, -0.25) is 10.1 Å². The summed E-state index contributed by atoms with van der Waals surface area (Å²) in [5.41, 5.74) is 1.02. The Bertz CT molecular complexity index is 605. The quantitative estimate of drug-likeness (QED) is 0.827. The van der Waals surface area contributed by atoms with Crippen LogP contribution < -0.4 is 19.7 Å². The third kappa shape index (κ3) is 3.79. The summed E-state index contributed by atoms with van der Waals surface area (Å²) in [6, 6.07) is 5.41. The minimum absolute atomic E-state index is 0.105. The van der Waals surface area contributed by atoms with Gasteiger partial charge in [-0.25, -0.2) is 4.79 Å². The molecule has 1 aromatic carbocycles. The normalized spacial score (nSPS) is 21.0. The predicted octanol–water partition coefficient (Wildman–Crippen LogP) is 0.695. The Kier molecular flexibility index (Phi) is 6.03. The summed E-state index contributed by atoms with van der Waals surface area (Å²) in [5, 5.41) is 2.25. The molecule has 0 bridgehead atoms. The van der Waals surface area contributed by atoms with Crippen molar-refractivity contribution in [2.45, 2.75) is 31.8 Å². The molecule has 0 aromatic heterocycles. The molecule has 3 atom stereocenters. The number of imide groups is 1.